The van der Waals surface area contributed by atoms with Crippen molar-refractivity contribution in [2.45, 2.75) is 31.0 Å². The van der Waals surface area contributed by atoms with Gasteiger partial charge < -0.3 is 9.64 Å². The van der Waals surface area contributed by atoms with Gasteiger partial charge >= 0.3 is 5.97 Å². The number of anilines is 1. The Kier molecular flexibility index (Phi) is 4.85. The Morgan fingerprint density at radius 3 is 2.35 bits per heavy atom. The molecule has 3 heterocycles. The molecular weight excluding hydrogens is 460 g/mol. The highest BCUT2D eigenvalue weighted by atomic mass is 16.5. The summed E-state index contributed by atoms with van der Waals surface area (Å²) in [7, 11) is 0. The molecule has 7 rings (SSSR count). The van der Waals surface area contributed by atoms with Crippen molar-refractivity contribution in [1.29, 1.82) is 0 Å². The van der Waals surface area contributed by atoms with Crippen molar-refractivity contribution >= 4 is 17.6 Å². The van der Waals surface area contributed by atoms with Crippen LogP contribution in [0, 0.1) is 12.8 Å². The molecule has 5 heteroatoms. The first-order valence-corrected chi connectivity index (χ1v) is 12.7. The van der Waals surface area contributed by atoms with Crippen molar-refractivity contribution in [3.05, 3.63) is 131 Å². The van der Waals surface area contributed by atoms with E-state index in [0.717, 1.165) is 33.5 Å². The van der Waals surface area contributed by atoms with Gasteiger partial charge in [-0.2, -0.15) is 0 Å². The summed E-state index contributed by atoms with van der Waals surface area (Å²) in [6.45, 7) is 2.50. The number of ether oxygens (including phenoxy) is 1. The highest BCUT2D eigenvalue weighted by Gasteiger charge is 2.67. The number of carbonyl (C=O) groups is 2. The van der Waals surface area contributed by atoms with Gasteiger partial charge in [0.15, 0.2) is 0 Å². The van der Waals surface area contributed by atoms with Gasteiger partial charge in [0.2, 0.25) is 0 Å². The molecule has 1 fully saturated rings. The maximum atomic E-state index is 14.7. The zero-order valence-corrected chi connectivity index (χ0v) is 20.4. The second-order valence-electron chi connectivity index (χ2n) is 10.2. The number of nitrogens with zero attached hydrogens (tertiary/aromatic N) is 1. The molecule has 1 saturated heterocycles. The van der Waals surface area contributed by atoms with Crippen LogP contribution in [0.4, 0.5) is 5.69 Å². The monoisotopic (exact) mass is 486 g/mol. The normalized spacial score (nSPS) is 25.5. The van der Waals surface area contributed by atoms with Gasteiger partial charge in [-0.3, -0.25) is 14.9 Å². The molecule has 4 aromatic rings. The minimum Gasteiger partial charge on any atom is -0.426 e. The van der Waals surface area contributed by atoms with E-state index in [1.807, 2.05) is 115 Å². The van der Waals surface area contributed by atoms with Gasteiger partial charge in [-0.25, -0.2) is 0 Å². The van der Waals surface area contributed by atoms with Crippen molar-refractivity contribution < 1.29 is 14.3 Å². The lowest BCUT2D eigenvalue weighted by molar-refractivity contribution is -0.141. The van der Waals surface area contributed by atoms with Crippen LogP contribution in [-0.4, -0.2) is 11.9 Å². The lowest BCUT2D eigenvalue weighted by Gasteiger charge is -2.35. The molecule has 3 aliphatic rings. The van der Waals surface area contributed by atoms with Crippen LogP contribution in [0.2, 0.25) is 0 Å². The molecule has 0 bridgehead atoms. The number of para-hydroxylation sites is 2. The van der Waals surface area contributed by atoms with E-state index in [2.05, 4.69) is 5.32 Å². The van der Waals surface area contributed by atoms with Crippen molar-refractivity contribution in [2.24, 2.45) is 5.92 Å². The summed E-state index contributed by atoms with van der Waals surface area (Å²) >= 11 is 0. The molecule has 0 aromatic heterocycles. The molecule has 1 N–H and O–H groups in total. The molecule has 1 spiro atoms. The molecular formula is C32H26N2O3. The number of hydrogen-bond acceptors (Lipinski definition) is 4. The largest absolute Gasteiger partial charge is 0.426 e. The first kappa shape index (κ1) is 22.0. The van der Waals surface area contributed by atoms with E-state index in [0.29, 0.717) is 12.3 Å². The molecule has 5 nitrogen and oxygen atoms in total. The lowest BCUT2D eigenvalue weighted by Crippen LogP contribution is -2.51. The van der Waals surface area contributed by atoms with Gasteiger partial charge in [-0.15, -0.1) is 0 Å². The van der Waals surface area contributed by atoms with Crippen LogP contribution < -0.4 is 15.0 Å². The number of hydrogen-bond donors (Lipinski definition) is 1. The third-order valence-electron chi connectivity index (χ3n) is 8.13. The highest BCUT2D eigenvalue weighted by Crippen LogP contribution is 2.61. The molecule has 4 atom stereocenters. The van der Waals surface area contributed by atoms with Crippen LogP contribution in [0.1, 0.15) is 39.8 Å². The Balaban J connectivity index is 1.45. The van der Waals surface area contributed by atoms with Gasteiger partial charge in [0.25, 0.3) is 5.91 Å². The number of esters is 1. The zero-order chi connectivity index (χ0) is 25.1. The summed E-state index contributed by atoms with van der Waals surface area (Å²) in [6, 6.07) is 33.5. The van der Waals surface area contributed by atoms with Gasteiger partial charge in [0.05, 0.1) is 12.5 Å². The number of aryl methyl sites for hydroxylation is 1. The van der Waals surface area contributed by atoms with Crippen molar-refractivity contribution in [1.82, 2.24) is 5.32 Å². The van der Waals surface area contributed by atoms with Gasteiger partial charge in [0.1, 0.15) is 11.3 Å². The highest BCUT2D eigenvalue weighted by molar-refractivity contribution is 6.09. The Hall–Kier alpha value is -4.22. The van der Waals surface area contributed by atoms with Crippen molar-refractivity contribution in [3.8, 4) is 5.75 Å². The number of nitrogens with one attached hydrogen (secondary N) is 1. The number of fused-ring (bicyclic) bond motifs is 6. The molecule has 3 aliphatic heterocycles. The topological polar surface area (TPSA) is 58.6 Å². The molecule has 0 saturated carbocycles. The summed E-state index contributed by atoms with van der Waals surface area (Å²) in [6.07, 6.45) is 0. The van der Waals surface area contributed by atoms with Crippen LogP contribution >= 0.6 is 0 Å². The molecule has 37 heavy (non-hydrogen) atoms. The number of benzene rings is 4. The van der Waals surface area contributed by atoms with E-state index < -0.39 is 17.4 Å². The quantitative estimate of drug-likeness (QED) is 0.311. The third kappa shape index (κ3) is 3.14. The smallest absolute Gasteiger partial charge is 0.317 e. The average molecular weight is 487 g/mol. The van der Waals surface area contributed by atoms with Gasteiger partial charge in [-0.1, -0.05) is 96.6 Å². The van der Waals surface area contributed by atoms with E-state index in [1.54, 1.807) is 0 Å². The summed E-state index contributed by atoms with van der Waals surface area (Å²) in [5.41, 5.74) is 4.74. The second kappa shape index (κ2) is 8.15. The van der Waals surface area contributed by atoms with E-state index >= 15 is 0 Å². The van der Waals surface area contributed by atoms with E-state index in [1.165, 1.54) is 0 Å². The Bertz CT molecular complexity index is 1530. The van der Waals surface area contributed by atoms with Crippen LogP contribution in [0.3, 0.4) is 0 Å². The SMILES string of the molecule is Cc1ccc([C@H]2N[C@]3(C(=O)N(Cc4ccccc4)c4ccccc43)[C@@H]3c4ccccc4OC(=O)[C@H]23)cc1. The van der Waals surface area contributed by atoms with Crippen LogP contribution in [0.5, 0.6) is 5.75 Å². The van der Waals surface area contributed by atoms with Gasteiger partial charge in [-0.05, 0) is 30.2 Å². The Morgan fingerprint density at radius 1 is 0.838 bits per heavy atom. The summed E-state index contributed by atoms with van der Waals surface area (Å²) in [4.78, 5) is 30.2. The number of amides is 1. The molecule has 0 unspecified atom stereocenters. The lowest BCUT2D eigenvalue weighted by atomic mass is 9.70. The van der Waals surface area contributed by atoms with Gasteiger partial charge in [0, 0.05) is 28.8 Å². The van der Waals surface area contributed by atoms with E-state index in [4.69, 9.17) is 4.74 Å². The molecule has 182 valence electrons. The fraction of sp³-hybridized carbons (Fsp3) is 0.188. The fourth-order valence-electron chi connectivity index (χ4n) is 6.50. The van der Waals surface area contributed by atoms with Crippen molar-refractivity contribution in [3.63, 3.8) is 0 Å². The molecule has 0 aliphatic carbocycles. The van der Waals surface area contributed by atoms with Crippen LogP contribution in [0.15, 0.2) is 103 Å². The maximum Gasteiger partial charge on any atom is 0.317 e. The zero-order valence-electron chi connectivity index (χ0n) is 20.4. The fourth-order valence-corrected chi connectivity index (χ4v) is 6.50. The van der Waals surface area contributed by atoms with Crippen molar-refractivity contribution in [2.75, 3.05) is 4.90 Å². The molecule has 4 aromatic carbocycles. The van der Waals surface area contributed by atoms with E-state index in [9.17, 15) is 9.59 Å². The summed E-state index contributed by atoms with van der Waals surface area (Å²) in [5, 5.41) is 3.75. The predicted molar refractivity (Wildman–Crippen MR) is 141 cm³/mol. The average Bonchev–Trinajstić information content (AvgIpc) is 3.41. The number of carbonyl (C=O) groups excluding carboxylic acids is 2. The second-order valence-corrected chi connectivity index (χ2v) is 10.2. The Labute approximate surface area is 215 Å². The van der Waals surface area contributed by atoms with Crippen LogP contribution in [0.25, 0.3) is 0 Å². The predicted octanol–water partition coefficient (Wildman–Crippen LogP) is 5.40. The minimum absolute atomic E-state index is 0.0355. The standard InChI is InChI=1S/C32H26N2O3/c1-20-15-17-22(18-16-20)29-27-28(23-11-5-8-14-26(23)37-30(27)35)32(33-29)24-12-6-7-13-25(24)34(31(32)36)19-21-9-3-2-4-10-21/h2-18,27-29,33H,19H2,1H3/t27-,28+,29+,32-/m0/s1. The number of rotatable bonds is 3. The first-order valence-electron chi connectivity index (χ1n) is 12.7. The minimum atomic E-state index is -1.10. The van der Waals surface area contributed by atoms with E-state index in [-0.39, 0.29) is 17.9 Å². The maximum absolute atomic E-state index is 14.7. The van der Waals surface area contributed by atoms with Crippen LogP contribution in [-0.2, 0) is 21.7 Å². The first-order chi connectivity index (χ1) is 18.1. The third-order valence-corrected chi connectivity index (χ3v) is 8.13. The molecule has 1 amide bonds. The molecule has 0 radical (unpaired) electrons. The summed E-state index contributed by atoms with van der Waals surface area (Å²) < 4.78 is 5.87. The summed E-state index contributed by atoms with van der Waals surface area (Å²) in [5.74, 6) is -0.764. The Morgan fingerprint density at radius 2 is 1.54 bits per heavy atom.